The molecule has 1 aromatic rings. The summed E-state index contributed by atoms with van der Waals surface area (Å²) in [6.07, 6.45) is 4.51. The molecule has 0 aliphatic heterocycles. The van der Waals surface area contributed by atoms with E-state index in [0.29, 0.717) is 12.5 Å². The summed E-state index contributed by atoms with van der Waals surface area (Å²) in [5.41, 5.74) is 5.75. The Hall–Kier alpha value is -1.53. The minimum atomic E-state index is -0.586. The van der Waals surface area contributed by atoms with Gasteiger partial charge in [-0.3, -0.25) is 9.59 Å². The first-order valence-corrected chi connectivity index (χ1v) is 7.87. The minimum Gasteiger partial charge on any atom is -0.459 e. The summed E-state index contributed by atoms with van der Waals surface area (Å²) in [6.45, 7) is 4.39. The number of amides is 2. The molecule has 7 heteroatoms. The van der Waals surface area contributed by atoms with Crippen molar-refractivity contribution in [3.8, 4) is 0 Å². The Morgan fingerprint density at radius 2 is 2.13 bits per heavy atom. The molecule has 0 bridgehead atoms. The number of halogens is 1. The van der Waals surface area contributed by atoms with Gasteiger partial charge in [-0.2, -0.15) is 0 Å². The smallest absolute Gasteiger partial charge is 0.287 e. The van der Waals surface area contributed by atoms with Gasteiger partial charge in [-0.1, -0.05) is 20.3 Å². The maximum absolute atomic E-state index is 12.5. The van der Waals surface area contributed by atoms with Gasteiger partial charge in [0, 0.05) is 6.04 Å². The molecule has 1 fully saturated rings. The van der Waals surface area contributed by atoms with Crippen molar-refractivity contribution in [2.45, 2.75) is 45.2 Å². The third kappa shape index (κ3) is 4.97. The molecule has 23 heavy (non-hydrogen) atoms. The number of hydrogen-bond donors (Lipinski definition) is 3. The molecule has 6 nitrogen and oxygen atoms in total. The van der Waals surface area contributed by atoms with Crippen molar-refractivity contribution in [2.75, 3.05) is 6.54 Å². The van der Waals surface area contributed by atoms with Crippen LogP contribution in [-0.4, -0.2) is 30.4 Å². The summed E-state index contributed by atoms with van der Waals surface area (Å²) < 4.78 is 5.06. The van der Waals surface area contributed by atoms with Gasteiger partial charge in [0.2, 0.25) is 5.91 Å². The molecule has 1 saturated carbocycles. The van der Waals surface area contributed by atoms with E-state index in [-0.39, 0.29) is 41.9 Å². The Balaban J connectivity index is 0.00000264. The van der Waals surface area contributed by atoms with Crippen LogP contribution in [-0.2, 0) is 4.79 Å². The van der Waals surface area contributed by atoms with E-state index in [1.165, 1.54) is 6.26 Å². The lowest BCUT2D eigenvalue weighted by atomic mass is 10.00. The first kappa shape index (κ1) is 19.5. The topological polar surface area (TPSA) is 97.4 Å². The van der Waals surface area contributed by atoms with Crippen molar-refractivity contribution in [3.05, 3.63) is 24.2 Å². The molecule has 3 unspecified atom stereocenters. The minimum absolute atomic E-state index is 0. The maximum atomic E-state index is 12.5. The van der Waals surface area contributed by atoms with Crippen LogP contribution in [0, 0.1) is 11.8 Å². The van der Waals surface area contributed by atoms with Gasteiger partial charge in [0.25, 0.3) is 5.91 Å². The predicted octanol–water partition coefficient (Wildman–Crippen LogP) is 1.70. The van der Waals surface area contributed by atoms with Crippen LogP contribution < -0.4 is 16.4 Å². The Bertz CT molecular complexity index is 505. The molecule has 130 valence electrons. The number of furan rings is 1. The van der Waals surface area contributed by atoms with Crippen LogP contribution in [0.4, 0.5) is 0 Å². The molecule has 2 rings (SSSR count). The van der Waals surface area contributed by atoms with Gasteiger partial charge in [0.15, 0.2) is 5.76 Å². The molecule has 1 heterocycles. The lowest BCUT2D eigenvalue weighted by molar-refractivity contribution is -0.124. The zero-order valence-corrected chi connectivity index (χ0v) is 14.4. The highest BCUT2D eigenvalue weighted by Crippen LogP contribution is 2.24. The van der Waals surface area contributed by atoms with Crippen molar-refractivity contribution >= 4 is 24.2 Å². The number of rotatable bonds is 6. The van der Waals surface area contributed by atoms with Crippen LogP contribution in [0.1, 0.15) is 43.7 Å². The van der Waals surface area contributed by atoms with E-state index in [9.17, 15) is 9.59 Å². The van der Waals surface area contributed by atoms with Crippen molar-refractivity contribution in [1.29, 1.82) is 0 Å². The maximum Gasteiger partial charge on any atom is 0.287 e. The number of nitrogens with two attached hydrogens (primary N) is 1. The number of carbonyl (C=O) groups is 2. The SMILES string of the molecule is CC(C)C(NC(=O)c1ccco1)C(=O)NC1CCCC1CN.Cl. The fourth-order valence-corrected chi connectivity index (χ4v) is 2.94. The normalized spacial score (nSPS) is 21.6. The van der Waals surface area contributed by atoms with Crippen molar-refractivity contribution in [1.82, 2.24) is 10.6 Å². The lowest BCUT2D eigenvalue weighted by Crippen LogP contribution is -2.53. The van der Waals surface area contributed by atoms with Gasteiger partial charge in [0.1, 0.15) is 6.04 Å². The van der Waals surface area contributed by atoms with Gasteiger partial charge in [0.05, 0.1) is 6.26 Å². The lowest BCUT2D eigenvalue weighted by Gasteiger charge is -2.26. The van der Waals surface area contributed by atoms with Crippen molar-refractivity contribution < 1.29 is 14.0 Å². The number of nitrogens with one attached hydrogen (secondary N) is 2. The summed E-state index contributed by atoms with van der Waals surface area (Å²) >= 11 is 0. The average Bonchev–Trinajstić information content (AvgIpc) is 3.14. The molecule has 2 amide bonds. The summed E-state index contributed by atoms with van der Waals surface area (Å²) in [5, 5.41) is 5.80. The van der Waals surface area contributed by atoms with E-state index in [0.717, 1.165) is 19.3 Å². The van der Waals surface area contributed by atoms with Crippen molar-refractivity contribution in [2.24, 2.45) is 17.6 Å². The average molecular weight is 344 g/mol. The molecule has 0 aromatic carbocycles. The molecular weight excluding hydrogens is 318 g/mol. The van der Waals surface area contributed by atoms with Crippen LogP contribution >= 0.6 is 12.4 Å². The third-order valence-electron chi connectivity index (χ3n) is 4.27. The predicted molar refractivity (Wildman–Crippen MR) is 90.4 cm³/mol. The van der Waals surface area contributed by atoms with Crippen LogP contribution in [0.5, 0.6) is 0 Å². The highest BCUT2D eigenvalue weighted by Gasteiger charge is 2.31. The highest BCUT2D eigenvalue weighted by atomic mass is 35.5. The summed E-state index contributed by atoms with van der Waals surface area (Å²) in [5.74, 6) is -0.00534. The molecular formula is C16H26ClN3O3. The fourth-order valence-electron chi connectivity index (χ4n) is 2.94. The molecule has 0 saturated heterocycles. The number of hydrogen-bond acceptors (Lipinski definition) is 4. The Morgan fingerprint density at radius 1 is 1.39 bits per heavy atom. The highest BCUT2D eigenvalue weighted by molar-refractivity contribution is 5.95. The molecule has 3 atom stereocenters. The van der Waals surface area contributed by atoms with E-state index >= 15 is 0 Å². The Kier molecular flexibility index (Phi) is 7.58. The van der Waals surface area contributed by atoms with Gasteiger partial charge in [-0.15, -0.1) is 12.4 Å². The van der Waals surface area contributed by atoms with E-state index < -0.39 is 6.04 Å². The second-order valence-corrected chi connectivity index (χ2v) is 6.21. The monoisotopic (exact) mass is 343 g/mol. The van der Waals surface area contributed by atoms with E-state index in [1.54, 1.807) is 12.1 Å². The summed E-state index contributed by atoms with van der Waals surface area (Å²) in [4.78, 5) is 24.6. The van der Waals surface area contributed by atoms with Crippen molar-refractivity contribution in [3.63, 3.8) is 0 Å². The summed E-state index contributed by atoms with van der Waals surface area (Å²) in [6, 6.07) is 2.74. The third-order valence-corrected chi connectivity index (χ3v) is 4.27. The molecule has 1 aromatic heterocycles. The molecule has 4 N–H and O–H groups in total. The second kappa shape index (κ2) is 8.93. The van der Waals surface area contributed by atoms with Gasteiger partial charge in [-0.25, -0.2) is 0 Å². The molecule has 1 aliphatic carbocycles. The van der Waals surface area contributed by atoms with Gasteiger partial charge >= 0.3 is 0 Å². The van der Waals surface area contributed by atoms with Crippen LogP contribution in [0.25, 0.3) is 0 Å². The second-order valence-electron chi connectivity index (χ2n) is 6.21. The van der Waals surface area contributed by atoms with Crippen LogP contribution in [0.2, 0.25) is 0 Å². The zero-order valence-electron chi connectivity index (χ0n) is 13.6. The Labute approximate surface area is 143 Å². The quantitative estimate of drug-likeness (QED) is 0.732. The molecule has 1 aliphatic rings. The van der Waals surface area contributed by atoms with Crippen LogP contribution in [0.3, 0.4) is 0 Å². The zero-order chi connectivity index (χ0) is 16.1. The largest absolute Gasteiger partial charge is 0.459 e. The van der Waals surface area contributed by atoms with E-state index in [2.05, 4.69) is 10.6 Å². The fraction of sp³-hybridized carbons (Fsp3) is 0.625. The van der Waals surface area contributed by atoms with E-state index in [4.69, 9.17) is 10.2 Å². The summed E-state index contributed by atoms with van der Waals surface area (Å²) in [7, 11) is 0. The first-order valence-electron chi connectivity index (χ1n) is 7.87. The van der Waals surface area contributed by atoms with Gasteiger partial charge < -0.3 is 20.8 Å². The molecule has 0 spiro atoms. The van der Waals surface area contributed by atoms with E-state index in [1.807, 2.05) is 13.8 Å². The Morgan fingerprint density at radius 3 is 2.70 bits per heavy atom. The number of carbonyl (C=O) groups excluding carboxylic acids is 2. The van der Waals surface area contributed by atoms with Crippen LogP contribution in [0.15, 0.2) is 22.8 Å². The van der Waals surface area contributed by atoms with Gasteiger partial charge in [-0.05, 0) is 43.4 Å². The standard InChI is InChI=1S/C16H25N3O3.ClH/c1-10(2)14(19-15(20)13-7-4-8-22-13)16(21)18-12-6-3-5-11(12)9-17;/h4,7-8,10-12,14H,3,5-6,9,17H2,1-2H3,(H,18,21)(H,19,20);1H. The first-order chi connectivity index (χ1) is 10.5. The molecule has 0 radical (unpaired) electrons.